The quantitative estimate of drug-likeness (QED) is 0.445. The summed E-state index contributed by atoms with van der Waals surface area (Å²) >= 11 is 1.53. The van der Waals surface area contributed by atoms with Crippen molar-refractivity contribution in [3.05, 3.63) is 87.8 Å². The summed E-state index contributed by atoms with van der Waals surface area (Å²) in [4.78, 5) is 27.6. The zero-order chi connectivity index (χ0) is 23.9. The zero-order valence-electron chi connectivity index (χ0n) is 19.9. The Labute approximate surface area is 205 Å². The lowest BCUT2D eigenvalue weighted by atomic mass is 9.88. The average Bonchev–Trinajstić information content (AvgIpc) is 3.20. The number of hydrogen-bond donors (Lipinski definition) is 2. The van der Waals surface area contributed by atoms with Gasteiger partial charge in [0, 0.05) is 16.9 Å². The van der Waals surface area contributed by atoms with Crippen molar-refractivity contribution in [2.45, 2.75) is 45.6 Å². The summed E-state index contributed by atoms with van der Waals surface area (Å²) in [6.45, 7) is 5.13. The van der Waals surface area contributed by atoms with E-state index in [1.807, 2.05) is 55.5 Å². The van der Waals surface area contributed by atoms with Gasteiger partial charge >= 0.3 is 5.97 Å². The van der Waals surface area contributed by atoms with E-state index >= 15 is 0 Å². The summed E-state index contributed by atoms with van der Waals surface area (Å²) in [6, 6.07) is 19.7. The fourth-order valence-electron chi connectivity index (χ4n) is 4.56. The molecule has 4 rings (SSSR count). The van der Waals surface area contributed by atoms with Gasteiger partial charge in [-0.3, -0.25) is 4.79 Å². The summed E-state index contributed by atoms with van der Waals surface area (Å²) in [5.74, 6) is 0.124. The highest BCUT2D eigenvalue weighted by Gasteiger charge is 2.31. The topological polar surface area (TPSA) is 72.0 Å². The Kier molecular flexibility index (Phi) is 8.14. The maximum atomic E-state index is 13.6. The van der Waals surface area contributed by atoms with E-state index in [1.165, 1.54) is 21.8 Å². The second-order valence-electron chi connectivity index (χ2n) is 8.91. The molecule has 0 saturated carbocycles. The van der Waals surface area contributed by atoms with Crippen molar-refractivity contribution < 1.29 is 19.6 Å². The van der Waals surface area contributed by atoms with Gasteiger partial charge in [0.1, 0.15) is 5.00 Å². The molecule has 0 aliphatic heterocycles. The fourth-order valence-corrected chi connectivity index (χ4v) is 5.97. The Bertz CT molecular complexity index is 1110. The van der Waals surface area contributed by atoms with Gasteiger partial charge in [0.15, 0.2) is 6.04 Å². The highest BCUT2D eigenvalue weighted by Crippen LogP contribution is 2.40. The first kappa shape index (κ1) is 24.2. The van der Waals surface area contributed by atoms with Crippen LogP contribution in [0.1, 0.15) is 58.2 Å². The lowest BCUT2D eigenvalue weighted by molar-refractivity contribution is -0.682. The van der Waals surface area contributed by atoms with Crippen molar-refractivity contribution in [1.82, 2.24) is 0 Å². The molecule has 0 saturated heterocycles. The fraction of sp³-hybridized carbons (Fsp3) is 0.357. The summed E-state index contributed by atoms with van der Waals surface area (Å²) in [5.41, 5.74) is 3.80. The monoisotopic (exact) mass is 477 g/mol. The van der Waals surface area contributed by atoms with E-state index in [4.69, 9.17) is 4.74 Å². The number of amides is 1. The van der Waals surface area contributed by atoms with Crippen LogP contribution in [0.25, 0.3) is 0 Å². The van der Waals surface area contributed by atoms with E-state index in [-0.39, 0.29) is 11.9 Å². The maximum absolute atomic E-state index is 13.6. The molecular weight excluding hydrogens is 444 g/mol. The number of esters is 1. The predicted octanol–water partition coefficient (Wildman–Crippen LogP) is 4.54. The molecule has 2 atom stereocenters. The molecule has 0 fully saturated rings. The van der Waals surface area contributed by atoms with Gasteiger partial charge in [0.2, 0.25) is 0 Å². The first-order valence-corrected chi connectivity index (χ1v) is 12.9. The number of carbonyl (C=O) groups is 2. The minimum absolute atomic E-state index is 0.114. The van der Waals surface area contributed by atoms with E-state index in [0.717, 1.165) is 43.4 Å². The number of thiophene rings is 1. The summed E-state index contributed by atoms with van der Waals surface area (Å²) in [6.07, 6.45) is 3.70. The number of nitrogens with two attached hydrogens (primary N) is 1. The van der Waals surface area contributed by atoms with E-state index in [1.54, 1.807) is 0 Å². The lowest BCUT2D eigenvalue weighted by Crippen LogP contribution is -2.87. The molecule has 5 nitrogen and oxygen atoms in total. The van der Waals surface area contributed by atoms with Crippen LogP contribution in [0.5, 0.6) is 0 Å². The van der Waals surface area contributed by atoms with Gasteiger partial charge in [0.25, 0.3) is 5.91 Å². The summed E-state index contributed by atoms with van der Waals surface area (Å²) in [5, 5.41) is 5.82. The highest BCUT2D eigenvalue weighted by molar-refractivity contribution is 7.17. The number of quaternary nitrogens is 1. The van der Waals surface area contributed by atoms with Crippen LogP contribution in [0.15, 0.2) is 60.7 Å². The van der Waals surface area contributed by atoms with Crippen LogP contribution in [0, 0.1) is 5.92 Å². The molecule has 0 unspecified atom stereocenters. The van der Waals surface area contributed by atoms with E-state index in [2.05, 4.69) is 29.7 Å². The van der Waals surface area contributed by atoms with Gasteiger partial charge < -0.3 is 15.4 Å². The van der Waals surface area contributed by atoms with Crippen LogP contribution in [-0.4, -0.2) is 25.0 Å². The average molecular weight is 478 g/mol. The van der Waals surface area contributed by atoms with Crippen molar-refractivity contribution in [3.63, 3.8) is 0 Å². The molecule has 1 heterocycles. The Morgan fingerprint density at radius 3 is 2.53 bits per heavy atom. The van der Waals surface area contributed by atoms with Crippen molar-refractivity contribution in [2.24, 2.45) is 5.92 Å². The van der Waals surface area contributed by atoms with Crippen molar-refractivity contribution in [1.29, 1.82) is 0 Å². The molecule has 1 aliphatic rings. The lowest BCUT2D eigenvalue weighted by Gasteiger charge is -2.18. The number of anilines is 1. The van der Waals surface area contributed by atoms with Gasteiger partial charge in [-0.15, -0.1) is 11.3 Å². The third-order valence-corrected chi connectivity index (χ3v) is 7.52. The van der Waals surface area contributed by atoms with Crippen LogP contribution in [0.3, 0.4) is 0 Å². The maximum Gasteiger partial charge on any atom is 0.341 e. The van der Waals surface area contributed by atoms with Gasteiger partial charge in [-0.2, -0.15) is 0 Å². The number of ether oxygens (including phenoxy) is 1. The molecule has 2 aromatic carbocycles. The second kappa shape index (κ2) is 11.4. The molecule has 0 spiro atoms. The van der Waals surface area contributed by atoms with Gasteiger partial charge in [-0.1, -0.05) is 67.6 Å². The Morgan fingerprint density at radius 2 is 1.82 bits per heavy atom. The molecule has 178 valence electrons. The highest BCUT2D eigenvalue weighted by atomic mass is 32.1. The molecule has 0 radical (unpaired) electrons. The number of hydrogen-bond acceptors (Lipinski definition) is 4. The van der Waals surface area contributed by atoms with Crippen molar-refractivity contribution in [2.75, 3.05) is 18.5 Å². The molecular formula is C28H33N2O3S+. The molecule has 3 aromatic rings. The minimum atomic E-state index is -0.405. The third kappa shape index (κ3) is 5.75. The van der Waals surface area contributed by atoms with Crippen LogP contribution in [-0.2, 0) is 28.8 Å². The number of benzene rings is 2. The van der Waals surface area contributed by atoms with E-state index in [9.17, 15) is 9.59 Å². The summed E-state index contributed by atoms with van der Waals surface area (Å²) < 4.78 is 5.37. The van der Waals surface area contributed by atoms with E-state index in [0.29, 0.717) is 23.1 Å². The standard InChI is InChI=1S/C28H32N2O3S/c1-3-33-28(32)24-22-15-14-19(2)18-23(22)34-27(24)30-26(31)25(21-12-8-5-9-13-21)29-17-16-20-10-6-4-7-11-20/h4-13,19,25,29H,3,14-18H2,1-2H3,(H,30,31)/p+1/t19-,25+/m1/s1. The molecule has 1 amide bonds. The molecule has 34 heavy (non-hydrogen) atoms. The van der Waals surface area contributed by atoms with Crippen LogP contribution >= 0.6 is 11.3 Å². The number of nitrogens with one attached hydrogen (secondary N) is 1. The zero-order valence-corrected chi connectivity index (χ0v) is 20.7. The number of rotatable bonds is 9. The molecule has 1 aromatic heterocycles. The predicted molar refractivity (Wildman–Crippen MR) is 136 cm³/mol. The van der Waals surface area contributed by atoms with Crippen LogP contribution in [0.2, 0.25) is 0 Å². The largest absolute Gasteiger partial charge is 0.462 e. The van der Waals surface area contributed by atoms with E-state index < -0.39 is 6.04 Å². The normalized spacial score (nSPS) is 15.9. The van der Waals surface area contributed by atoms with Gasteiger partial charge in [-0.05, 0) is 43.2 Å². The van der Waals surface area contributed by atoms with Gasteiger partial charge in [0.05, 0.1) is 18.7 Å². The molecule has 1 aliphatic carbocycles. The minimum Gasteiger partial charge on any atom is -0.462 e. The van der Waals surface area contributed by atoms with Gasteiger partial charge in [-0.25, -0.2) is 4.79 Å². The molecule has 6 heteroatoms. The Balaban J connectivity index is 1.56. The number of fused-ring (bicyclic) bond motifs is 1. The van der Waals surface area contributed by atoms with Crippen molar-refractivity contribution in [3.8, 4) is 0 Å². The number of carbonyl (C=O) groups excluding carboxylic acids is 2. The Hall–Kier alpha value is -2.96. The third-order valence-electron chi connectivity index (χ3n) is 6.35. The van der Waals surface area contributed by atoms with Crippen LogP contribution in [0.4, 0.5) is 5.00 Å². The molecule has 0 bridgehead atoms. The SMILES string of the molecule is CCOC(=O)c1c(NC(=O)[C@@H]([NH2+]CCc2ccccc2)c2ccccc2)sc2c1CC[C@@H](C)C2. The van der Waals surface area contributed by atoms with Crippen LogP contribution < -0.4 is 10.6 Å². The first-order valence-electron chi connectivity index (χ1n) is 12.1. The molecule has 3 N–H and O–H groups in total. The Morgan fingerprint density at radius 1 is 1.12 bits per heavy atom. The summed E-state index contributed by atoms with van der Waals surface area (Å²) in [7, 11) is 0. The first-order chi connectivity index (χ1) is 16.6. The second-order valence-corrected chi connectivity index (χ2v) is 10.0. The van der Waals surface area contributed by atoms with Crippen molar-refractivity contribution >= 4 is 28.2 Å². The smallest absolute Gasteiger partial charge is 0.341 e.